The fourth-order valence-electron chi connectivity index (χ4n) is 2.17. The Bertz CT molecular complexity index is 840. The van der Waals surface area contributed by atoms with Crippen LogP contribution in [0.2, 0.25) is 4.34 Å². The number of benzene rings is 1. The van der Waals surface area contributed by atoms with Crippen molar-refractivity contribution in [1.29, 1.82) is 0 Å². The molecule has 1 aromatic carbocycles. The lowest BCUT2D eigenvalue weighted by molar-refractivity contribution is 0.102. The third-order valence-corrected chi connectivity index (χ3v) is 4.72. The number of nitrogens with one attached hydrogen (secondary N) is 1. The first kappa shape index (κ1) is 16.7. The Hall–Kier alpha value is -2.18. The molecule has 0 spiro atoms. The number of anilines is 1. The van der Waals surface area contributed by atoms with E-state index in [-0.39, 0.29) is 11.9 Å². The average molecular weight is 362 g/mol. The van der Waals surface area contributed by atoms with Crippen molar-refractivity contribution in [3.05, 3.63) is 62.6 Å². The van der Waals surface area contributed by atoms with E-state index in [0.717, 1.165) is 5.56 Å². The monoisotopic (exact) mass is 361 g/mol. The van der Waals surface area contributed by atoms with E-state index in [4.69, 9.17) is 16.0 Å². The number of carbonyl (C=O) groups excluding carboxylic acids is 1. The molecule has 2 aromatic heterocycles. The average Bonchev–Trinajstić information content (AvgIpc) is 3.17. The number of hydrogen-bond acceptors (Lipinski definition) is 5. The molecule has 7 heteroatoms. The molecule has 0 radical (unpaired) electrons. The van der Waals surface area contributed by atoms with Gasteiger partial charge in [0.1, 0.15) is 0 Å². The fraction of sp³-hybridized carbons (Fsp3) is 0.235. The van der Waals surface area contributed by atoms with Gasteiger partial charge in [-0.1, -0.05) is 54.8 Å². The Morgan fingerprint density at radius 1 is 1.21 bits per heavy atom. The first-order chi connectivity index (χ1) is 11.5. The molecule has 0 aliphatic rings. The van der Waals surface area contributed by atoms with E-state index in [0.29, 0.717) is 27.4 Å². The van der Waals surface area contributed by atoms with Gasteiger partial charge in [0.05, 0.1) is 15.6 Å². The standard InChI is InChI=1S/C17H16ClN3O2S/c1-10(2)12-5-3-11(4-6-12)9-15-20-21-17(23-15)19-16(22)13-7-8-14(18)24-13/h3-8,10H,9H2,1-2H3,(H,19,21,22). The van der Waals surface area contributed by atoms with E-state index < -0.39 is 0 Å². The van der Waals surface area contributed by atoms with Crippen molar-refractivity contribution in [1.82, 2.24) is 10.2 Å². The van der Waals surface area contributed by atoms with E-state index in [9.17, 15) is 4.79 Å². The minimum absolute atomic E-state index is 0.0818. The molecule has 3 aromatic rings. The minimum atomic E-state index is -0.316. The highest BCUT2D eigenvalue weighted by molar-refractivity contribution is 7.18. The van der Waals surface area contributed by atoms with Crippen LogP contribution in [0.3, 0.4) is 0 Å². The van der Waals surface area contributed by atoms with E-state index in [2.05, 4.69) is 41.5 Å². The van der Waals surface area contributed by atoms with E-state index in [1.807, 2.05) is 12.1 Å². The predicted molar refractivity (Wildman–Crippen MR) is 94.9 cm³/mol. The molecule has 0 fully saturated rings. The van der Waals surface area contributed by atoms with Gasteiger partial charge in [-0.2, -0.15) is 0 Å². The molecule has 1 amide bonds. The van der Waals surface area contributed by atoms with Gasteiger partial charge in [-0.05, 0) is 29.2 Å². The zero-order valence-corrected chi connectivity index (χ0v) is 14.8. The lowest BCUT2D eigenvalue weighted by Crippen LogP contribution is -2.10. The summed E-state index contributed by atoms with van der Waals surface area (Å²) in [5, 5.41) is 10.4. The summed E-state index contributed by atoms with van der Waals surface area (Å²) in [6, 6.07) is 11.7. The number of nitrogens with zero attached hydrogens (tertiary/aromatic N) is 2. The van der Waals surface area contributed by atoms with Crippen molar-refractivity contribution < 1.29 is 9.21 Å². The molecular formula is C17H16ClN3O2S. The second-order valence-corrected chi connectivity index (χ2v) is 7.35. The van der Waals surface area contributed by atoms with Crippen LogP contribution in [0, 0.1) is 0 Å². The Balaban J connectivity index is 1.64. The van der Waals surface area contributed by atoms with Crippen LogP contribution in [0.5, 0.6) is 0 Å². The Kier molecular flexibility index (Phi) is 4.97. The lowest BCUT2D eigenvalue weighted by Gasteiger charge is -2.05. The highest BCUT2D eigenvalue weighted by atomic mass is 35.5. The summed E-state index contributed by atoms with van der Waals surface area (Å²) in [4.78, 5) is 12.5. The summed E-state index contributed by atoms with van der Waals surface area (Å²) in [6.07, 6.45) is 0.520. The molecule has 5 nitrogen and oxygen atoms in total. The zero-order chi connectivity index (χ0) is 17.1. The first-order valence-corrected chi connectivity index (χ1v) is 8.68. The molecule has 0 atom stereocenters. The normalized spacial score (nSPS) is 11.0. The zero-order valence-electron chi connectivity index (χ0n) is 13.2. The molecule has 0 unspecified atom stereocenters. The molecule has 124 valence electrons. The number of amides is 1. The van der Waals surface area contributed by atoms with Gasteiger partial charge in [-0.3, -0.25) is 10.1 Å². The number of thiophene rings is 1. The molecule has 3 rings (SSSR count). The van der Waals surface area contributed by atoms with Crippen molar-refractivity contribution in [3.63, 3.8) is 0 Å². The maximum Gasteiger partial charge on any atom is 0.322 e. The highest BCUT2D eigenvalue weighted by Crippen LogP contribution is 2.22. The van der Waals surface area contributed by atoms with Crippen LogP contribution < -0.4 is 5.32 Å². The molecule has 0 aliphatic heterocycles. The fourth-order valence-corrected chi connectivity index (χ4v) is 3.10. The summed E-state index contributed by atoms with van der Waals surface area (Å²) in [5.41, 5.74) is 2.36. The van der Waals surface area contributed by atoms with E-state index >= 15 is 0 Å². The van der Waals surface area contributed by atoms with Crippen LogP contribution in [0.4, 0.5) is 6.01 Å². The van der Waals surface area contributed by atoms with Crippen LogP contribution in [-0.2, 0) is 6.42 Å². The van der Waals surface area contributed by atoms with Gasteiger partial charge in [-0.15, -0.1) is 16.4 Å². The van der Waals surface area contributed by atoms with Crippen LogP contribution in [0.1, 0.15) is 46.5 Å². The number of hydrogen-bond donors (Lipinski definition) is 1. The maximum absolute atomic E-state index is 12.0. The molecule has 0 bridgehead atoms. The third kappa shape index (κ3) is 4.01. The van der Waals surface area contributed by atoms with Crippen molar-refractivity contribution in [2.45, 2.75) is 26.2 Å². The van der Waals surface area contributed by atoms with Gasteiger partial charge in [0, 0.05) is 0 Å². The second-order valence-electron chi connectivity index (χ2n) is 5.63. The minimum Gasteiger partial charge on any atom is -0.407 e. The third-order valence-electron chi connectivity index (χ3n) is 3.49. The van der Waals surface area contributed by atoms with Crippen molar-refractivity contribution in [2.75, 3.05) is 5.32 Å². The van der Waals surface area contributed by atoms with Crippen LogP contribution in [0.25, 0.3) is 0 Å². The van der Waals surface area contributed by atoms with E-state index in [1.54, 1.807) is 12.1 Å². The molecule has 2 heterocycles. The molecule has 0 saturated heterocycles. The molecule has 24 heavy (non-hydrogen) atoms. The predicted octanol–water partition coefficient (Wildman–Crippen LogP) is 4.75. The summed E-state index contributed by atoms with van der Waals surface area (Å²) in [6.45, 7) is 4.31. The van der Waals surface area contributed by atoms with Crippen LogP contribution in [-0.4, -0.2) is 16.1 Å². The van der Waals surface area contributed by atoms with Gasteiger partial charge in [0.25, 0.3) is 5.91 Å². The van der Waals surface area contributed by atoms with Gasteiger partial charge in [0.2, 0.25) is 5.89 Å². The highest BCUT2D eigenvalue weighted by Gasteiger charge is 2.13. The number of aromatic nitrogens is 2. The lowest BCUT2D eigenvalue weighted by atomic mass is 10.0. The van der Waals surface area contributed by atoms with Gasteiger partial charge in [-0.25, -0.2) is 0 Å². The number of halogens is 1. The SMILES string of the molecule is CC(C)c1ccc(Cc2nnc(NC(=O)c3ccc(Cl)s3)o2)cc1. The van der Waals surface area contributed by atoms with Crippen LogP contribution >= 0.6 is 22.9 Å². The Morgan fingerprint density at radius 2 is 1.96 bits per heavy atom. The maximum atomic E-state index is 12.0. The summed E-state index contributed by atoms with van der Waals surface area (Å²) in [7, 11) is 0. The van der Waals surface area contributed by atoms with Crippen LogP contribution in [0.15, 0.2) is 40.8 Å². The topological polar surface area (TPSA) is 68.0 Å². The van der Waals surface area contributed by atoms with Crippen molar-refractivity contribution >= 4 is 34.9 Å². The molecule has 1 N–H and O–H groups in total. The number of carbonyl (C=O) groups is 1. The number of rotatable bonds is 5. The van der Waals surface area contributed by atoms with Gasteiger partial charge >= 0.3 is 6.01 Å². The summed E-state index contributed by atoms with van der Waals surface area (Å²) in [5.74, 6) is 0.630. The smallest absolute Gasteiger partial charge is 0.322 e. The molecule has 0 aliphatic carbocycles. The van der Waals surface area contributed by atoms with E-state index in [1.165, 1.54) is 16.9 Å². The summed E-state index contributed by atoms with van der Waals surface area (Å²) >= 11 is 7.01. The second kappa shape index (κ2) is 7.15. The molecular weight excluding hydrogens is 346 g/mol. The van der Waals surface area contributed by atoms with Crippen molar-refractivity contribution in [3.8, 4) is 0 Å². The largest absolute Gasteiger partial charge is 0.407 e. The van der Waals surface area contributed by atoms with Crippen molar-refractivity contribution in [2.24, 2.45) is 0 Å². The Morgan fingerprint density at radius 3 is 2.58 bits per heavy atom. The summed E-state index contributed by atoms with van der Waals surface area (Å²) < 4.78 is 6.03. The van der Waals surface area contributed by atoms with Gasteiger partial charge < -0.3 is 4.42 Å². The van der Waals surface area contributed by atoms with Gasteiger partial charge in [0.15, 0.2) is 0 Å². The first-order valence-electron chi connectivity index (χ1n) is 7.49. The molecule has 0 saturated carbocycles. The Labute approximate surface area is 148 Å². The quantitative estimate of drug-likeness (QED) is 0.712.